The number of hydrogen-bond donors (Lipinski definition) is 0. The van der Waals surface area contributed by atoms with E-state index in [1.807, 2.05) is 24.3 Å². The van der Waals surface area contributed by atoms with Crippen LogP contribution >= 0.6 is 0 Å². The molecule has 0 radical (unpaired) electrons. The van der Waals surface area contributed by atoms with Gasteiger partial charge in [0, 0.05) is 0 Å². The highest BCUT2D eigenvalue weighted by Gasteiger charge is 1.94. The van der Waals surface area contributed by atoms with Gasteiger partial charge in [0.2, 0.25) is 0 Å². The molecule has 0 aliphatic carbocycles. The van der Waals surface area contributed by atoms with Crippen LogP contribution in [0.3, 0.4) is 0 Å². The van der Waals surface area contributed by atoms with Crippen molar-refractivity contribution in [3.05, 3.63) is 66.8 Å². The number of rotatable bonds is 4. The van der Waals surface area contributed by atoms with E-state index in [-0.39, 0.29) is 0 Å². The van der Waals surface area contributed by atoms with E-state index < -0.39 is 0 Å². The zero-order chi connectivity index (χ0) is 10.4. The predicted molar refractivity (Wildman–Crippen MR) is 64.0 cm³/mol. The largest absolute Gasteiger partial charge is 0.0988 e. The minimum atomic E-state index is 0.995. The lowest BCUT2D eigenvalue weighted by atomic mass is 10.0. The maximum absolute atomic E-state index is 4.04. The van der Waals surface area contributed by atoms with E-state index in [2.05, 4.69) is 38.3 Å². The van der Waals surface area contributed by atoms with Gasteiger partial charge < -0.3 is 0 Å². The molecule has 0 nitrogen and oxygen atoms in total. The third-order valence-corrected chi connectivity index (χ3v) is 2.17. The second-order valence-electron chi connectivity index (χ2n) is 3.17. The van der Waals surface area contributed by atoms with Crippen LogP contribution in [0, 0.1) is 0 Å². The first-order valence-corrected chi connectivity index (χ1v) is 4.85. The van der Waals surface area contributed by atoms with Gasteiger partial charge >= 0.3 is 0 Å². The Bertz CT molecular complexity index is 342. The summed E-state index contributed by atoms with van der Waals surface area (Å²) in [6, 6.07) is 10.2. The maximum atomic E-state index is 4.04. The fourth-order valence-corrected chi connectivity index (χ4v) is 1.26. The van der Waals surface area contributed by atoms with Gasteiger partial charge in [0.25, 0.3) is 0 Å². The summed E-state index contributed by atoms with van der Waals surface area (Å²) in [5, 5.41) is 0. The first kappa shape index (κ1) is 10.5. The van der Waals surface area contributed by atoms with Crippen LogP contribution in [0.5, 0.6) is 0 Å². The molecule has 0 fully saturated rings. The minimum Gasteiger partial charge on any atom is -0.0988 e. The van der Waals surface area contributed by atoms with Crippen molar-refractivity contribution in [2.24, 2.45) is 0 Å². The summed E-state index contributed by atoms with van der Waals surface area (Å²) in [5.41, 5.74) is 3.43. The molecule has 14 heavy (non-hydrogen) atoms. The Hall–Kier alpha value is -1.56. The molecular weight excluding hydrogens is 168 g/mol. The summed E-state index contributed by atoms with van der Waals surface area (Å²) in [5.74, 6) is 0. The molecule has 0 spiro atoms. The smallest absolute Gasteiger partial charge is 0.0190 e. The Morgan fingerprint density at radius 3 is 2.43 bits per heavy atom. The molecule has 0 saturated carbocycles. The van der Waals surface area contributed by atoms with Crippen molar-refractivity contribution < 1.29 is 0 Å². The van der Waals surface area contributed by atoms with Crippen LogP contribution in [0.2, 0.25) is 0 Å². The molecule has 0 aliphatic rings. The minimum absolute atomic E-state index is 0.995. The Morgan fingerprint density at radius 2 is 1.93 bits per heavy atom. The lowest BCUT2D eigenvalue weighted by molar-refractivity contribution is 1.15. The van der Waals surface area contributed by atoms with E-state index in [1.54, 1.807) is 0 Å². The van der Waals surface area contributed by atoms with Crippen LogP contribution in [0.4, 0.5) is 0 Å². The number of allylic oxidation sites excluding steroid dienone is 4. The highest BCUT2D eigenvalue weighted by atomic mass is 14.0. The number of hydrogen-bond acceptors (Lipinski definition) is 0. The van der Waals surface area contributed by atoms with E-state index in [0.29, 0.717) is 0 Å². The zero-order valence-electron chi connectivity index (χ0n) is 8.66. The van der Waals surface area contributed by atoms with E-state index in [4.69, 9.17) is 0 Å². The molecule has 0 unspecified atom stereocenters. The van der Waals surface area contributed by atoms with Crippen LogP contribution in [-0.4, -0.2) is 0 Å². The van der Waals surface area contributed by atoms with Gasteiger partial charge in [-0.2, -0.15) is 0 Å². The summed E-state index contributed by atoms with van der Waals surface area (Å²) in [4.78, 5) is 0. The van der Waals surface area contributed by atoms with Gasteiger partial charge in [-0.3, -0.25) is 0 Å². The van der Waals surface area contributed by atoms with Crippen molar-refractivity contribution in [3.63, 3.8) is 0 Å². The van der Waals surface area contributed by atoms with Gasteiger partial charge in [-0.25, -0.2) is 0 Å². The van der Waals surface area contributed by atoms with E-state index in [0.717, 1.165) is 12.0 Å². The molecule has 0 saturated heterocycles. The van der Waals surface area contributed by atoms with Crippen LogP contribution in [-0.2, 0) is 0 Å². The van der Waals surface area contributed by atoms with Gasteiger partial charge in [0.15, 0.2) is 0 Å². The summed E-state index contributed by atoms with van der Waals surface area (Å²) in [6.07, 6.45) is 4.96. The quantitative estimate of drug-likeness (QED) is 0.614. The van der Waals surface area contributed by atoms with Gasteiger partial charge in [-0.05, 0) is 23.1 Å². The van der Waals surface area contributed by atoms with Crippen LogP contribution < -0.4 is 0 Å². The third-order valence-electron chi connectivity index (χ3n) is 2.17. The van der Waals surface area contributed by atoms with Crippen molar-refractivity contribution in [1.29, 1.82) is 0 Å². The third kappa shape index (κ3) is 2.74. The standard InChI is InChI=1S/C14H16/c1-4-13(5-2)11-12(3)14-9-7-6-8-10-14/h4,6-11H,1,3,5H2,2H3/b13-11+. The summed E-state index contributed by atoms with van der Waals surface area (Å²) >= 11 is 0. The Kier molecular flexibility index (Phi) is 3.93. The second-order valence-corrected chi connectivity index (χ2v) is 3.17. The van der Waals surface area contributed by atoms with Crippen molar-refractivity contribution in [3.8, 4) is 0 Å². The van der Waals surface area contributed by atoms with Crippen molar-refractivity contribution in [1.82, 2.24) is 0 Å². The molecule has 0 atom stereocenters. The molecule has 0 aliphatic heterocycles. The van der Waals surface area contributed by atoms with Crippen LogP contribution in [0.25, 0.3) is 5.57 Å². The molecule has 1 aromatic rings. The Morgan fingerprint density at radius 1 is 1.29 bits per heavy atom. The lowest BCUT2D eigenvalue weighted by Crippen LogP contribution is -1.80. The monoisotopic (exact) mass is 184 g/mol. The molecule has 0 heteroatoms. The summed E-state index contributed by atoms with van der Waals surface area (Å²) in [7, 11) is 0. The Balaban J connectivity index is 2.87. The van der Waals surface area contributed by atoms with Crippen LogP contribution in [0.1, 0.15) is 18.9 Å². The molecular formula is C14H16. The molecule has 1 rings (SSSR count). The van der Waals surface area contributed by atoms with E-state index in [1.165, 1.54) is 11.1 Å². The predicted octanol–water partition coefficient (Wildman–Crippen LogP) is 4.22. The summed E-state index contributed by atoms with van der Waals surface area (Å²) < 4.78 is 0. The lowest BCUT2D eigenvalue weighted by Gasteiger charge is -2.02. The van der Waals surface area contributed by atoms with Crippen molar-refractivity contribution in [2.45, 2.75) is 13.3 Å². The molecule has 0 aromatic heterocycles. The van der Waals surface area contributed by atoms with Crippen molar-refractivity contribution >= 4 is 5.57 Å². The average molecular weight is 184 g/mol. The van der Waals surface area contributed by atoms with Crippen molar-refractivity contribution in [2.75, 3.05) is 0 Å². The fourth-order valence-electron chi connectivity index (χ4n) is 1.26. The van der Waals surface area contributed by atoms with Crippen LogP contribution in [0.15, 0.2) is 61.2 Å². The molecule has 0 N–H and O–H groups in total. The van der Waals surface area contributed by atoms with Gasteiger partial charge in [0.1, 0.15) is 0 Å². The Labute approximate surface area is 86.3 Å². The maximum Gasteiger partial charge on any atom is -0.0190 e. The van der Waals surface area contributed by atoms with Gasteiger partial charge in [-0.1, -0.05) is 62.6 Å². The normalized spacial score (nSPS) is 11.1. The van der Waals surface area contributed by atoms with E-state index in [9.17, 15) is 0 Å². The molecule has 0 amide bonds. The summed E-state index contributed by atoms with van der Waals surface area (Å²) in [6.45, 7) is 9.92. The first-order valence-electron chi connectivity index (χ1n) is 4.85. The van der Waals surface area contributed by atoms with E-state index >= 15 is 0 Å². The highest BCUT2D eigenvalue weighted by Crippen LogP contribution is 2.16. The molecule has 72 valence electrons. The topological polar surface area (TPSA) is 0 Å². The SMILES string of the molecule is C=C/C(=C\C(=C)c1ccccc1)CC. The average Bonchev–Trinajstić information content (AvgIpc) is 2.26. The first-order chi connectivity index (χ1) is 6.77. The molecule has 0 bridgehead atoms. The second kappa shape index (κ2) is 5.23. The highest BCUT2D eigenvalue weighted by molar-refractivity contribution is 5.73. The van der Waals surface area contributed by atoms with Gasteiger partial charge in [-0.15, -0.1) is 0 Å². The molecule has 1 aromatic carbocycles. The van der Waals surface area contributed by atoms with Gasteiger partial charge in [0.05, 0.1) is 0 Å². The zero-order valence-corrected chi connectivity index (χ0v) is 8.66. The fraction of sp³-hybridized carbons (Fsp3) is 0.143. The molecule has 0 heterocycles. The number of benzene rings is 1.